The molecule has 0 spiro atoms. The van der Waals surface area contributed by atoms with Crippen molar-refractivity contribution in [1.82, 2.24) is 5.32 Å². The van der Waals surface area contributed by atoms with Crippen molar-refractivity contribution >= 4 is 11.9 Å². The van der Waals surface area contributed by atoms with Crippen LogP contribution in [0.25, 0.3) is 0 Å². The number of nitrogens with one attached hydrogen (secondary N) is 1. The van der Waals surface area contributed by atoms with Gasteiger partial charge in [0.15, 0.2) is 0 Å². The van der Waals surface area contributed by atoms with Gasteiger partial charge in [-0.15, -0.1) is 0 Å². The molecule has 1 amide bonds. The van der Waals surface area contributed by atoms with E-state index in [0.717, 1.165) is 77.0 Å². The van der Waals surface area contributed by atoms with E-state index in [1.807, 2.05) is 0 Å². The number of ether oxygens (including phenoxy) is 1. The standard InChI is InChI=1S/C50H93NO5/c1-4-7-10-13-16-19-21-22-23-24-25-26-27-29-31-34-37-40-43-50(55)56-46(41-38-35-32-18-15-12-9-6-3)44-49(54)51-47(45-52)48(53)42-39-36-33-30-28-20-17-14-11-8-5-2/h21-26,46-48,52-53H,4-20,27-45H2,1-3H3,(H,51,54)/b22-21+,24-23+,26-25+. The number of hydrogen-bond donors (Lipinski definition) is 3. The van der Waals surface area contributed by atoms with Crippen LogP contribution in [0, 0.1) is 0 Å². The van der Waals surface area contributed by atoms with Crippen molar-refractivity contribution in [3.8, 4) is 0 Å². The molecule has 6 heteroatoms. The number of carbonyl (C=O) groups is 2. The largest absolute Gasteiger partial charge is 0.462 e. The summed E-state index contributed by atoms with van der Waals surface area (Å²) in [6.07, 6.45) is 50.6. The van der Waals surface area contributed by atoms with E-state index in [2.05, 4.69) is 62.5 Å². The Kier molecular flexibility index (Phi) is 42.7. The molecule has 6 nitrogen and oxygen atoms in total. The molecule has 56 heavy (non-hydrogen) atoms. The third-order valence-electron chi connectivity index (χ3n) is 11.0. The molecule has 0 aliphatic carbocycles. The Bertz CT molecular complexity index is 930. The second-order valence-electron chi connectivity index (χ2n) is 16.6. The minimum atomic E-state index is -0.786. The Hall–Kier alpha value is -1.92. The summed E-state index contributed by atoms with van der Waals surface area (Å²) in [4.78, 5) is 26.0. The lowest BCUT2D eigenvalue weighted by Crippen LogP contribution is -2.46. The Morgan fingerprint density at radius 2 is 0.911 bits per heavy atom. The number of esters is 1. The number of unbranched alkanes of at least 4 members (excludes halogenated alkanes) is 27. The fourth-order valence-corrected chi connectivity index (χ4v) is 7.31. The number of amides is 1. The molecule has 3 N–H and O–H groups in total. The van der Waals surface area contributed by atoms with Gasteiger partial charge in [0.1, 0.15) is 6.10 Å². The van der Waals surface area contributed by atoms with Crippen LogP contribution in [0.4, 0.5) is 0 Å². The average molecular weight is 788 g/mol. The van der Waals surface area contributed by atoms with Crippen LogP contribution < -0.4 is 5.32 Å². The SMILES string of the molecule is CCCCCCC/C=C/C=C/C=C/CCCCCCCC(=O)OC(CCCCCCCCCC)CC(=O)NC(CO)C(O)CCCCCCCCCCCCC. The second kappa shape index (κ2) is 44.2. The predicted octanol–water partition coefficient (Wildman–Crippen LogP) is 14.1. The van der Waals surface area contributed by atoms with Gasteiger partial charge in [0, 0.05) is 6.42 Å². The van der Waals surface area contributed by atoms with E-state index in [9.17, 15) is 19.8 Å². The van der Waals surface area contributed by atoms with Crippen LogP contribution in [-0.4, -0.2) is 46.9 Å². The fraction of sp³-hybridized carbons (Fsp3) is 0.840. The molecule has 3 atom stereocenters. The molecule has 0 aromatic rings. The first-order valence-electron chi connectivity index (χ1n) is 24.2. The van der Waals surface area contributed by atoms with E-state index in [4.69, 9.17) is 4.74 Å². The summed E-state index contributed by atoms with van der Waals surface area (Å²) < 4.78 is 5.89. The van der Waals surface area contributed by atoms with Gasteiger partial charge in [0.05, 0.1) is 25.2 Å². The minimum Gasteiger partial charge on any atom is -0.462 e. The molecule has 0 saturated heterocycles. The predicted molar refractivity (Wildman–Crippen MR) is 241 cm³/mol. The summed E-state index contributed by atoms with van der Waals surface area (Å²) in [6, 6.07) is -0.700. The highest BCUT2D eigenvalue weighted by atomic mass is 16.5. The van der Waals surface area contributed by atoms with Crippen LogP contribution >= 0.6 is 0 Å². The van der Waals surface area contributed by atoms with Crippen LogP contribution in [-0.2, 0) is 14.3 Å². The van der Waals surface area contributed by atoms with E-state index in [-0.39, 0.29) is 24.9 Å². The molecule has 3 unspecified atom stereocenters. The van der Waals surface area contributed by atoms with Gasteiger partial charge in [-0.05, 0) is 51.4 Å². The molecule has 0 fully saturated rings. The van der Waals surface area contributed by atoms with Gasteiger partial charge in [-0.2, -0.15) is 0 Å². The summed E-state index contributed by atoms with van der Waals surface area (Å²) >= 11 is 0. The van der Waals surface area contributed by atoms with Crippen molar-refractivity contribution in [3.05, 3.63) is 36.5 Å². The van der Waals surface area contributed by atoms with Crippen molar-refractivity contribution in [2.24, 2.45) is 0 Å². The van der Waals surface area contributed by atoms with Crippen molar-refractivity contribution in [3.63, 3.8) is 0 Å². The van der Waals surface area contributed by atoms with Crippen LogP contribution in [0.15, 0.2) is 36.5 Å². The molecule has 0 aliphatic heterocycles. The summed E-state index contributed by atoms with van der Waals surface area (Å²) in [5.74, 6) is -0.494. The zero-order chi connectivity index (χ0) is 41.0. The van der Waals surface area contributed by atoms with Gasteiger partial charge in [-0.1, -0.05) is 218 Å². The van der Waals surface area contributed by atoms with Gasteiger partial charge < -0.3 is 20.3 Å². The molecule has 0 aromatic heterocycles. The van der Waals surface area contributed by atoms with Crippen LogP contribution in [0.2, 0.25) is 0 Å². The van der Waals surface area contributed by atoms with Crippen molar-refractivity contribution in [2.75, 3.05) is 6.61 Å². The first-order chi connectivity index (χ1) is 27.5. The quantitative estimate of drug-likeness (QED) is 0.0325. The lowest BCUT2D eigenvalue weighted by molar-refractivity contribution is -0.151. The fourth-order valence-electron chi connectivity index (χ4n) is 7.31. The number of aliphatic hydroxyl groups excluding tert-OH is 2. The zero-order valence-electron chi connectivity index (χ0n) is 37.3. The topological polar surface area (TPSA) is 95.9 Å². The van der Waals surface area contributed by atoms with E-state index in [0.29, 0.717) is 19.3 Å². The molecule has 328 valence electrons. The molecule has 0 aromatic carbocycles. The summed E-state index contributed by atoms with van der Waals surface area (Å²) in [6.45, 7) is 6.43. The molecular formula is C50H93NO5. The Morgan fingerprint density at radius 1 is 0.518 bits per heavy atom. The van der Waals surface area contributed by atoms with Crippen LogP contribution in [0.3, 0.4) is 0 Å². The van der Waals surface area contributed by atoms with E-state index < -0.39 is 18.2 Å². The number of allylic oxidation sites excluding steroid dienone is 6. The number of rotatable bonds is 43. The van der Waals surface area contributed by atoms with Crippen molar-refractivity contribution in [2.45, 2.75) is 264 Å². The highest BCUT2D eigenvalue weighted by Gasteiger charge is 2.24. The molecule has 0 aliphatic rings. The van der Waals surface area contributed by atoms with Crippen molar-refractivity contribution in [1.29, 1.82) is 0 Å². The van der Waals surface area contributed by atoms with Gasteiger partial charge in [-0.3, -0.25) is 9.59 Å². The summed E-state index contributed by atoms with van der Waals surface area (Å²) in [5.41, 5.74) is 0. The van der Waals surface area contributed by atoms with Crippen molar-refractivity contribution < 1.29 is 24.5 Å². The third kappa shape index (κ3) is 38.9. The van der Waals surface area contributed by atoms with Gasteiger partial charge in [-0.25, -0.2) is 0 Å². The Morgan fingerprint density at radius 3 is 1.36 bits per heavy atom. The van der Waals surface area contributed by atoms with Gasteiger partial charge in [0.2, 0.25) is 5.91 Å². The van der Waals surface area contributed by atoms with Crippen LogP contribution in [0.1, 0.15) is 245 Å². The summed E-state index contributed by atoms with van der Waals surface area (Å²) in [7, 11) is 0. The average Bonchev–Trinajstić information content (AvgIpc) is 3.19. The van der Waals surface area contributed by atoms with E-state index in [1.54, 1.807) is 0 Å². The maximum atomic E-state index is 13.1. The maximum absolute atomic E-state index is 13.1. The Balaban J connectivity index is 4.47. The molecule has 0 bridgehead atoms. The maximum Gasteiger partial charge on any atom is 0.306 e. The smallest absolute Gasteiger partial charge is 0.306 e. The highest BCUT2D eigenvalue weighted by Crippen LogP contribution is 2.17. The van der Waals surface area contributed by atoms with Crippen LogP contribution in [0.5, 0.6) is 0 Å². The molecule has 0 heterocycles. The van der Waals surface area contributed by atoms with E-state index in [1.165, 1.54) is 122 Å². The molecular weight excluding hydrogens is 695 g/mol. The first-order valence-corrected chi connectivity index (χ1v) is 24.2. The summed E-state index contributed by atoms with van der Waals surface area (Å²) in [5, 5.41) is 23.6. The van der Waals surface area contributed by atoms with E-state index >= 15 is 0 Å². The Labute approximate surface area is 347 Å². The minimum absolute atomic E-state index is 0.0715. The third-order valence-corrected chi connectivity index (χ3v) is 11.0. The molecule has 0 rings (SSSR count). The number of aliphatic hydroxyl groups is 2. The number of carbonyl (C=O) groups excluding carboxylic acids is 2. The zero-order valence-corrected chi connectivity index (χ0v) is 37.3. The lowest BCUT2D eigenvalue weighted by Gasteiger charge is -2.24. The number of hydrogen-bond acceptors (Lipinski definition) is 5. The first kappa shape index (κ1) is 54.1. The lowest BCUT2D eigenvalue weighted by atomic mass is 10.0. The second-order valence-corrected chi connectivity index (χ2v) is 16.6. The van der Waals surface area contributed by atoms with Gasteiger partial charge in [0.25, 0.3) is 0 Å². The molecule has 0 saturated carbocycles. The molecule has 0 radical (unpaired) electrons. The monoisotopic (exact) mass is 788 g/mol. The highest BCUT2D eigenvalue weighted by molar-refractivity contribution is 5.77. The van der Waals surface area contributed by atoms with Gasteiger partial charge >= 0.3 is 5.97 Å². The normalized spacial score (nSPS) is 13.6.